The van der Waals surface area contributed by atoms with E-state index in [9.17, 15) is 9.59 Å². The van der Waals surface area contributed by atoms with Gasteiger partial charge in [-0.25, -0.2) is 4.79 Å². The minimum absolute atomic E-state index is 0.0758. The fraction of sp³-hybridized carbons (Fsp3) is 0.778. The van der Waals surface area contributed by atoms with Crippen molar-refractivity contribution in [3.63, 3.8) is 0 Å². The van der Waals surface area contributed by atoms with Gasteiger partial charge in [0, 0.05) is 25.6 Å². The van der Waals surface area contributed by atoms with Crippen molar-refractivity contribution in [2.24, 2.45) is 0 Å². The summed E-state index contributed by atoms with van der Waals surface area (Å²) in [5, 5.41) is 0. The second kappa shape index (κ2) is 3.77. The van der Waals surface area contributed by atoms with E-state index in [0.29, 0.717) is 19.5 Å². The van der Waals surface area contributed by atoms with Crippen LogP contribution in [-0.4, -0.2) is 40.9 Å². The Morgan fingerprint density at radius 2 is 2.08 bits per heavy atom. The van der Waals surface area contributed by atoms with E-state index in [-0.39, 0.29) is 18.0 Å². The number of carbonyl (C=O) groups is 2. The largest absolute Gasteiger partial charge is 0.327 e. The van der Waals surface area contributed by atoms with Crippen LogP contribution in [0.15, 0.2) is 0 Å². The maximum Gasteiger partial charge on any atom is 0.327 e. The highest BCUT2D eigenvalue weighted by Crippen LogP contribution is 2.12. The first-order valence-corrected chi connectivity index (χ1v) is 4.69. The highest BCUT2D eigenvalue weighted by molar-refractivity contribution is 5.95. The first-order valence-electron chi connectivity index (χ1n) is 4.69. The molecule has 1 rings (SSSR count). The molecule has 13 heavy (non-hydrogen) atoms. The number of hydrogen-bond donors (Lipinski definition) is 0. The second-order valence-electron chi connectivity index (χ2n) is 3.47. The summed E-state index contributed by atoms with van der Waals surface area (Å²) >= 11 is 0. The van der Waals surface area contributed by atoms with E-state index in [0.717, 1.165) is 0 Å². The molecule has 0 bridgehead atoms. The summed E-state index contributed by atoms with van der Waals surface area (Å²) in [7, 11) is 0. The molecule has 0 N–H and O–H groups in total. The molecule has 1 aliphatic rings. The molecule has 0 unspecified atom stereocenters. The molecule has 4 nitrogen and oxygen atoms in total. The lowest BCUT2D eigenvalue weighted by Crippen LogP contribution is -2.38. The Morgan fingerprint density at radius 1 is 1.46 bits per heavy atom. The molecule has 1 aliphatic heterocycles. The Bertz CT molecular complexity index is 226. The predicted molar refractivity (Wildman–Crippen MR) is 49.2 cm³/mol. The van der Waals surface area contributed by atoms with Crippen LogP contribution in [-0.2, 0) is 4.79 Å². The van der Waals surface area contributed by atoms with E-state index in [4.69, 9.17) is 0 Å². The zero-order valence-corrected chi connectivity index (χ0v) is 8.41. The van der Waals surface area contributed by atoms with Gasteiger partial charge in [-0.05, 0) is 13.8 Å². The van der Waals surface area contributed by atoms with Crippen LogP contribution < -0.4 is 0 Å². The Morgan fingerprint density at radius 3 is 2.46 bits per heavy atom. The first-order chi connectivity index (χ1) is 6.07. The van der Waals surface area contributed by atoms with Gasteiger partial charge in [-0.2, -0.15) is 0 Å². The van der Waals surface area contributed by atoms with Crippen molar-refractivity contribution >= 4 is 11.9 Å². The lowest BCUT2D eigenvalue weighted by molar-refractivity contribution is -0.127. The van der Waals surface area contributed by atoms with Crippen molar-refractivity contribution < 1.29 is 9.59 Å². The number of carbonyl (C=O) groups excluding carboxylic acids is 2. The lowest BCUT2D eigenvalue weighted by atomic mass is 10.3. The monoisotopic (exact) mass is 184 g/mol. The van der Waals surface area contributed by atoms with Gasteiger partial charge in [0.2, 0.25) is 5.91 Å². The average Bonchev–Trinajstić information content (AvgIpc) is 2.46. The van der Waals surface area contributed by atoms with Crippen LogP contribution >= 0.6 is 0 Å². The number of imide groups is 1. The van der Waals surface area contributed by atoms with Gasteiger partial charge in [0.1, 0.15) is 0 Å². The standard InChI is InChI=1S/C9H16N2O2/c1-4-8(12)11-6-5-10(7(2)3)9(11)13/h7H,4-6H2,1-3H3. The van der Waals surface area contributed by atoms with Crippen molar-refractivity contribution in [3.8, 4) is 0 Å². The van der Waals surface area contributed by atoms with Crippen LogP contribution in [0.1, 0.15) is 27.2 Å². The molecule has 0 aromatic carbocycles. The lowest BCUT2D eigenvalue weighted by Gasteiger charge is -2.20. The van der Waals surface area contributed by atoms with Gasteiger partial charge in [0.05, 0.1) is 0 Å². The molecular weight excluding hydrogens is 168 g/mol. The Labute approximate surface area is 78.5 Å². The molecule has 0 atom stereocenters. The smallest absolute Gasteiger partial charge is 0.320 e. The normalized spacial score (nSPS) is 17.4. The number of nitrogens with zero attached hydrogens (tertiary/aromatic N) is 2. The zero-order valence-electron chi connectivity index (χ0n) is 8.41. The molecule has 1 heterocycles. The Hall–Kier alpha value is -1.06. The van der Waals surface area contributed by atoms with Gasteiger partial charge in [0.25, 0.3) is 0 Å². The Balaban J connectivity index is 2.65. The molecular formula is C9H16N2O2. The minimum atomic E-state index is -0.137. The van der Waals surface area contributed by atoms with Gasteiger partial charge in [-0.15, -0.1) is 0 Å². The number of amides is 3. The average molecular weight is 184 g/mol. The fourth-order valence-electron chi connectivity index (χ4n) is 1.46. The first kappa shape index (κ1) is 10.0. The molecule has 1 saturated heterocycles. The third-order valence-electron chi connectivity index (χ3n) is 2.27. The molecule has 0 aromatic rings. The van der Waals surface area contributed by atoms with Crippen molar-refractivity contribution in [3.05, 3.63) is 0 Å². The summed E-state index contributed by atoms with van der Waals surface area (Å²) in [4.78, 5) is 25.9. The summed E-state index contributed by atoms with van der Waals surface area (Å²) in [6.45, 7) is 6.90. The van der Waals surface area contributed by atoms with Crippen LogP contribution in [0.2, 0.25) is 0 Å². The predicted octanol–water partition coefficient (Wildman–Crippen LogP) is 1.07. The van der Waals surface area contributed by atoms with E-state index < -0.39 is 0 Å². The van der Waals surface area contributed by atoms with E-state index >= 15 is 0 Å². The molecule has 0 aliphatic carbocycles. The van der Waals surface area contributed by atoms with Crippen molar-refractivity contribution in [1.82, 2.24) is 9.80 Å². The maximum absolute atomic E-state index is 11.6. The highest BCUT2D eigenvalue weighted by Gasteiger charge is 2.33. The quantitative estimate of drug-likeness (QED) is 0.644. The third kappa shape index (κ3) is 1.82. The fourth-order valence-corrected chi connectivity index (χ4v) is 1.46. The van der Waals surface area contributed by atoms with Crippen molar-refractivity contribution in [1.29, 1.82) is 0 Å². The Kier molecular flexibility index (Phi) is 2.90. The van der Waals surface area contributed by atoms with E-state index in [1.54, 1.807) is 11.8 Å². The zero-order chi connectivity index (χ0) is 10.0. The van der Waals surface area contributed by atoms with Gasteiger partial charge in [-0.1, -0.05) is 6.92 Å². The minimum Gasteiger partial charge on any atom is -0.320 e. The van der Waals surface area contributed by atoms with E-state index in [1.807, 2.05) is 13.8 Å². The molecule has 0 spiro atoms. The number of rotatable bonds is 2. The summed E-state index contributed by atoms with van der Waals surface area (Å²) in [6.07, 6.45) is 0.400. The van der Waals surface area contributed by atoms with E-state index in [1.165, 1.54) is 4.90 Å². The van der Waals surface area contributed by atoms with Crippen molar-refractivity contribution in [2.75, 3.05) is 13.1 Å². The SMILES string of the molecule is CCC(=O)N1CCN(C(C)C)C1=O. The van der Waals surface area contributed by atoms with Gasteiger partial charge in [0.15, 0.2) is 0 Å². The molecule has 3 amide bonds. The van der Waals surface area contributed by atoms with Crippen LogP contribution in [0.4, 0.5) is 4.79 Å². The number of hydrogen-bond acceptors (Lipinski definition) is 2. The maximum atomic E-state index is 11.6. The summed E-state index contributed by atoms with van der Waals surface area (Å²) in [5.74, 6) is -0.0758. The summed E-state index contributed by atoms with van der Waals surface area (Å²) < 4.78 is 0. The summed E-state index contributed by atoms with van der Waals surface area (Å²) in [5.41, 5.74) is 0. The molecule has 74 valence electrons. The molecule has 0 aromatic heterocycles. The van der Waals surface area contributed by atoms with Crippen LogP contribution in [0.25, 0.3) is 0 Å². The second-order valence-corrected chi connectivity index (χ2v) is 3.47. The van der Waals surface area contributed by atoms with Crippen molar-refractivity contribution in [2.45, 2.75) is 33.2 Å². The van der Waals surface area contributed by atoms with Gasteiger partial charge < -0.3 is 4.90 Å². The molecule has 4 heteroatoms. The number of urea groups is 1. The van der Waals surface area contributed by atoms with Crippen LogP contribution in [0, 0.1) is 0 Å². The third-order valence-corrected chi connectivity index (χ3v) is 2.27. The van der Waals surface area contributed by atoms with Gasteiger partial charge >= 0.3 is 6.03 Å². The highest BCUT2D eigenvalue weighted by atomic mass is 16.2. The van der Waals surface area contributed by atoms with E-state index in [2.05, 4.69) is 0 Å². The van der Waals surface area contributed by atoms with Crippen LogP contribution in [0.3, 0.4) is 0 Å². The molecule has 0 radical (unpaired) electrons. The van der Waals surface area contributed by atoms with Crippen LogP contribution in [0.5, 0.6) is 0 Å². The molecule has 0 saturated carbocycles. The summed E-state index contributed by atoms with van der Waals surface area (Å²) in [6, 6.07) is 0.0454. The molecule has 1 fully saturated rings. The topological polar surface area (TPSA) is 40.6 Å². The van der Waals surface area contributed by atoms with Gasteiger partial charge in [-0.3, -0.25) is 9.69 Å².